The molecule has 0 N–H and O–H groups in total. The van der Waals surface area contributed by atoms with E-state index in [2.05, 4.69) is 15.9 Å². The van der Waals surface area contributed by atoms with Gasteiger partial charge in [0.05, 0.1) is 19.2 Å². The Morgan fingerprint density at radius 2 is 1.71 bits per heavy atom. The summed E-state index contributed by atoms with van der Waals surface area (Å²) in [4.78, 5) is 12.6. The lowest BCUT2D eigenvalue weighted by molar-refractivity contribution is 0.0972. The average Bonchev–Trinajstić information content (AvgIpc) is 2.66. The van der Waals surface area contributed by atoms with E-state index in [0.29, 0.717) is 11.3 Å². The van der Waals surface area contributed by atoms with Gasteiger partial charge in [0, 0.05) is 17.9 Å². The summed E-state index contributed by atoms with van der Waals surface area (Å²) in [6.07, 6.45) is 0.0444. The predicted octanol–water partition coefficient (Wildman–Crippen LogP) is 4.23. The molecular weight excluding hydrogens is 368 g/mol. The highest BCUT2D eigenvalue weighted by Crippen LogP contribution is 2.39. The molecule has 4 nitrogen and oxygen atoms in total. The molecule has 0 heterocycles. The molecule has 0 fully saturated rings. The van der Waals surface area contributed by atoms with Crippen molar-refractivity contribution in [3.05, 3.63) is 65.7 Å². The van der Waals surface area contributed by atoms with Gasteiger partial charge in [-0.2, -0.15) is 10.5 Å². The van der Waals surface area contributed by atoms with E-state index in [9.17, 15) is 15.3 Å². The zero-order valence-electron chi connectivity index (χ0n) is 13.1. The van der Waals surface area contributed by atoms with Gasteiger partial charge in [-0.1, -0.05) is 58.4 Å². The highest BCUT2D eigenvalue weighted by Gasteiger charge is 2.39. The molecule has 0 aromatic heterocycles. The number of nitrogens with zero attached hydrogens (tertiary/aromatic N) is 2. The van der Waals surface area contributed by atoms with Gasteiger partial charge in [0.25, 0.3) is 0 Å². The summed E-state index contributed by atoms with van der Waals surface area (Å²) in [5, 5.41) is 18.9. The van der Waals surface area contributed by atoms with Crippen LogP contribution >= 0.6 is 15.9 Å². The normalized spacial score (nSPS) is 11.8. The van der Waals surface area contributed by atoms with Crippen LogP contribution in [0.25, 0.3) is 0 Å². The van der Waals surface area contributed by atoms with Crippen LogP contribution in [-0.4, -0.2) is 17.2 Å². The summed E-state index contributed by atoms with van der Waals surface area (Å²) in [6, 6.07) is 19.8. The average molecular weight is 383 g/mol. The minimum atomic E-state index is -1.48. The Balaban J connectivity index is 2.38. The number of ether oxygens (including phenoxy) is 1. The molecule has 120 valence electrons. The minimum Gasteiger partial charge on any atom is -0.497 e. The van der Waals surface area contributed by atoms with Gasteiger partial charge in [-0.05, 0) is 17.7 Å². The van der Waals surface area contributed by atoms with E-state index in [-0.39, 0.29) is 12.2 Å². The fraction of sp³-hybridized carbons (Fsp3) is 0.211. The second kappa shape index (κ2) is 7.77. The zero-order chi connectivity index (χ0) is 17.6. The van der Waals surface area contributed by atoms with Crippen molar-refractivity contribution in [3.63, 3.8) is 0 Å². The van der Waals surface area contributed by atoms with E-state index in [0.717, 1.165) is 5.56 Å². The summed E-state index contributed by atoms with van der Waals surface area (Å²) < 4.78 is 3.65. The van der Waals surface area contributed by atoms with Crippen molar-refractivity contribution >= 4 is 21.7 Å². The number of methoxy groups -OCH3 is 1. The Labute approximate surface area is 149 Å². The lowest BCUT2D eigenvalue weighted by Crippen LogP contribution is -2.28. The van der Waals surface area contributed by atoms with Crippen LogP contribution < -0.4 is 4.74 Å². The number of hydrogen-bond acceptors (Lipinski definition) is 4. The van der Waals surface area contributed by atoms with E-state index in [1.165, 1.54) is 0 Å². The summed E-state index contributed by atoms with van der Waals surface area (Å²) in [7, 11) is 1.56. The first-order valence-electron chi connectivity index (χ1n) is 7.27. The Bertz CT molecular complexity index is 775. The molecular formula is C19H15BrN2O2. The third-order valence-electron chi connectivity index (χ3n) is 3.81. The number of hydrogen-bond donors (Lipinski definition) is 0. The van der Waals surface area contributed by atoms with Crippen molar-refractivity contribution in [1.82, 2.24) is 0 Å². The molecule has 0 aliphatic heterocycles. The predicted molar refractivity (Wildman–Crippen MR) is 94.0 cm³/mol. The lowest BCUT2D eigenvalue weighted by Gasteiger charge is -2.24. The molecule has 0 bridgehead atoms. The summed E-state index contributed by atoms with van der Waals surface area (Å²) in [5.74, 6) is -0.0576. The van der Waals surface area contributed by atoms with Crippen molar-refractivity contribution in [3.8, 4) is 17.9 Å². The van der Waals surface area contributed by atoms with Gasteiger partial charge in [0.2, 0.25) is 4.32 Å². The minimum absolute atomic E-state index is 0.0444. The van der Waals surface area contributed by atoms with Crippen LogP contribution in [0.3, 0.4) is 0 Å². The molecule has 2 rings (SSSR count). The Morgan fingerprint density at radius 3 is 2.21 bits per heavy atom. The lowest BCUT2D eigenvalue weighted by atomic mass is 9.82. The third-order valence-corrected chi connectivity index (χ3v) is 4.72. The maximum absolute atomic E-state index is 12.6. The second-order valence-corrected chi connectivity index (χ2v) is 6.51. The zero-order valence-corrected chi connectivity index (χ0v) is 14.7. The number of benzene rings is 2. The Kier molecular flexibility index (Phi) is 5.73. The number of carbonyl (C=O) groups is 1. The highest BCUT2D eigenvalue weighted by atomic mass is 79.9. The molecule has 0 aliphatic rings. The summed E-state index contributed by atoms with van der Waals surface area (Å²) >= 11 is 3.22. The largest absolute Gasteiger partial charge is 0.497 e. The van der Waals surface area contributed by atoms with E-state index in [1.807, 2.05) is 18.2 Å². The summed E-state index contributed by atoms with van der Waals surface area (Å²) in [6.45, 7) is 0. The molecule has 0 unspecified atom stereocenters. The van der Waals surface area contributed by atoms with Crippen molar-refractivity contribution in [1.29, 1.82) is 10.5 Å². The second-order valence-electron chi connectivity index (χ2n) is 5.25. The topological polar surface area (TPSA) is 73.9 Å². The molecule has 24 heavy (non-hydrogen) atoms. The molecule has 0 amide bonds. The van der Waals surface area contributed by atoms with Crippen LogP contribution in [0.1, 0.15) is 28.3 Å². The standard InChI is InChI=1S/C19H15BrN2O2/c1-24-16-9-7-14(8-10-16)17(19(20,12-21)13-22)11-18(23)15-5-3-2-4-6-15/h2-10,17H,11H2,1H3/t17-/m0/s1. The van der Waals surface area contributed by atoms with Crippen LogP contribution in [-0.2, 0) is 0 Å². The van der Waals surface area contributed by atoms with Crippen molar-refractivity contribution in [2.24, 2.45) is 0 Å². The fourth-order valence-electron chi connectivity index (χ4n) is 2.43. The maximum atomic E-state index is 12.6. The van der Waals surface area contributed by atoms with E-state index >= 15 is 0 Å². The van der Waals surface area contributed by atoms with Crippen LogP contribution in [0, 0.1) is 22.7 Å². The molecule has 2 aromatic carbocycles. The van der Waals surface area contributed by atoms with E-state index in [1.54, 1.807) is 55.6 Å². The SMILES string of the molecule is COc1ccc([C@H](CC(=O)c2ccccc2)C(Br)(C#N)C#N)cc1. The summed E-state index contributed by atoms with van der Waals surface area (Å²) in [5.41, 5.74) is 1.28. The van der Waals surface area contributed by atoms with Crippen LogP contribution in [0.4, 0.5) is 0 Å². The number of nitriles is 2. The van der Waals surface area contributed by atoms with Crippen molar-refractivity contribution in [2.45, 2.75) is 16.7 Å². The van der Waals surface area contributed by atoms with Gasteiger partial charge in [0.15, 0.2) is 5.78 Å². The molecule has 0 saturated heterocycles. The van der Waals surface area contributed by atoms with Crippen molar-refractivity contribution < 1.29 is 9.53 Å². The van der Waals surface area contributed by atoms with Gasteiger partial charge in [0.1, 0.15) is 5.75 Å². The first-order valence-corrected chi connectivity index (χ1v) is 8.07. The van der Waals surface area contributed by atoms with Gasteiger partial charge < -0.3 is 4.74 Å². The number of ketones is 1. The van der Waals surface area contributed by atoms with E-state index < -0.39 is 10.2 Å². The Hall–Kier alpha value is -2.63. The van der Waals surface area contributed by atoms with Gasteiger partial charge in [-0.3, -0.25) is 4.79 Å². The van der Waals surface area contributed by atoms with Crippen molar-refractivity contribution in [2.75, 3.05) is 7.11 Å². The number of halogens is 1. The first-order chi connectivity index (χ1) is 11.5. The molecule has 0 aliphatic carbocycles. The first kappa shape index (κ1) is 17.7. The highest BCUT2D eigenvalue weighted by molar-refractivity contribution is 9.10. The fourth-order valence-corrected chi connectivity index (χ4v) is 2.86. The molecule has 0 spiro atoms. The van der Waals surface area contributed by atoms with Crippen LogP contribution in [0.15, 0.2) is 54.6 Å². The third kappa shape index (κ3) is 3.82. The number of alkyl halides is 1. The Morgan fingerprint density at radius 1 is 1.12 bits per heavy atom. The van der Waals surface area contributed by atoms with E-state index in [4.69, 9.17) is 4.74 Å². The number of carbonyl (C=O) groups excluding carboxylic acids is 1. The van der Waals surface area contributed by atoms with Crippen LogP contribution in [0.5, 0.6) is 5.75 Å². The van der Waals surface area contributed by atoms with Crippen LogP contribution in [0.2, 0.25) is 0 Å². The smallest absolute Gasteiger partial charge is 0.204 e. The molecule has 1 atom stereocenters. The molecule has 2 aromatic rings. The van der Waals surface area contributed by atoms with Gasteiger partial charge in [-0.25, -0.2) is 0 Å². The molecule has 0 radical (unpaired) electrons. The van der Waals surface area contributed by atoms with Gasteiger partial charge >= 0.3 is 0 Å². The number of Topliss-reactive ketones (excluding diaryl/α,β-unsaturated/α-hetero) is 1. The maximum Gasteiger partial charge on any atom is 0.204 e. The monoisotopic (exact) mass is 382 g/mol. The molecule has 5 heteroatoms. The molecule has 0 saturated carbocycles. The quantitative estimate of drug-likeness (QED) is 0.553. The van der Waals surface area contributed by atoms with Gasteiger partial charge in [-0.15, -0.1) is 0 Å². The number of rotatable bonds is 6.